The Balaban J connectivity index is 1.89. The molecule has 0 amide bonds. The molecule has 0 radical (unpaired) electrons. The van der Waals surface area contributed by atoms with Crippen molar-refractivity contribution in [2.45, 2.75) is 16.8 Å². The second kappa shape index (κ2) is 8.37. The van der Waals surface area contributed by atoms with Gasteiger partial charge in [-0.1, -0.05) is 61.7 Å². The van der Waals surface area contributed by atoms with Crippen LogP contribution in [0.15, 0.2) is 98.0 Å². The number of nitrogens with one attached hydrogen (secondary N) is 1. The summed E-state index contributed by atoms with van der Waals surface area (Å²) >= 11 is 6.93. The van der Waals surface area contributed by atoms with Crippen molar-refractivity contribution in [3.63, 3.8) is 0 Å². The number of aryl methyl sites for hydroxylation is 1. The van der Waals surface area contributed by atoms with E-state index in [4.69, 9.17) is 0 Å². The molecule has 0 aliphatic rings. The molecule has 3 aromatic carbocycles. The number of hydrogen-bond donors (Lipinski definition) is 1. The predicted octanol–water partition coefficient (Wildman–Crippen LogP) is 6.28. The molecular weight excluding hydrogens is 530 g/mol. The van der Waals surface area contributed by atoms with Gasteiger partial charge in [-0.05, 0) is 55.5 Å². The molecule has 8 heteroatoms. The SMILES string of the molecule is Cc1ccc(S(=O)(=O)c2ncn(-c3cccc(Br)c3)c2Nc2cccc(Br)c2)cc1. The van der Waals surface area contributed by atoms with Gasteiger partial charge in [0.15, 0.2) is 5.82 Å². The number of nitrogens with zero attached hydrogens (tertiary/aromatic N) is 2. The maximum absolute atomic E-state index is 13.4. The Bertz CT molecular complexity index is 1320. The van der Waals surface area contributed by atoms with Crippen molar-refractivity contribution in [3.8, 4) is 5.69 Å². The van der Waals surface area contributed by atoms with Gasteiger partial charge < -0.3 is 5.32 Å². The molecule has 1 heterocycles. The van der Waals surface area contributed by atoms with Crippen LogP contribution in [0, 0.1) is 6.92 Å². The molecule has 0 bridgehead atoms. The molecule has 0 aliphatic carbocycles. The number of imidazole rings is 1. The fourth-order valence-corrected chi connectivity index (χ4v) is 5.09. The maximum atomic E-state index is 13.4. The Morgan fingerprint density at radius 3 is 2.23 bits per heavy atom. The van der Waals surface area contributed by atoms with E-state index in [1.807, 2.05) is 55.5 Å². The molecular formula is C22H17Br2N3O2S. The van der Waals surface area contributed by atoms with Crippen molar-refractivity contribution in [1.82, 2.24) is 9.55 Å². The lowest BCUT2D eigenvalue weighted by Crippen LogP contribution is -2.08. The summed E-state index contributed by atoms with van der Waals surface area (Å²) in [6.07, 6.45) is 1.52. The number of sulfone groups is 1. The lowest BCUT2D eigenvalue weighted by molar-refractivity contribution is 0.593. The van der Waals surface area contributed by atoms with Gasteiger partial charge in [-0.2, -0.15) is 0 Å². The summed E-state index contributed by atoms with van der Waals surface area (Å²) in [6, 6.07) is 21.9. The van der Waals surface area contributed by atoms with Crippen LogP contribution < -0.4 is 5.32 Å². The lowest BCUT2D eigenvalue weighted by atomic mass is 10.2. The van der Waals surface area contributed by atoms with Gasteiger partial charge >= 0.3 is 0 Å². The lowest BCUT2D eigenvalue weighted by Gasteiger charge is -2.13. The van der Waals surface area contributed by atoms with Crippen LogP contribution in [0.25, 0.3) is 5.69 Å². The normalized spacial score (nSPS) is 11.4. The zero-order valence-electron chi connectivity index (χ0n) is 15.9. The summed E-state index contributed by atoms with van der Waals surface area (Å²) in [6.45, 7) is 1.92. The minimum atomic E-state index is -3.83. The monoisotopic (exact) mass is 545 g/mol. The second-order valence-electron chi connectivity index (χ2n) is 6.70. The van der Waals surface area contributed by atoms with Crippen molar-refractivity contribution in [3.05, 3.63) is 93.6 Å². The molecule has 4 aromatic rings. The van der Waals surface area contributed by atoms with Crippen LogP contribution in [0.2, 0.25) is 0 Å². The van der Waals surface area contributed by atoms with Gasteiger partial charge in [-0.15, -0.1) is 0 Å². The number of halogens is 2. The summed E-state index contributed by atoms with van der Waals surface area (Å²) in [5.74, 6) is 0.367. The molecule has 152 valence electrons. The van der Waals surface area contributed by atoms with E-state index in [9.17, 15) is 8.42 Å². The van der Waals surface area contributed by atoms with E-state index in [1.54, 1.807) is 28.8 Å². The Kier molecular flexibility index (Phi) is 5.81. The highest BCUT2D eigenvalue weighted by atomic mass is 79.9. The highest BCUT2D eigenvalue weighted by molar-refractivity contribution is 9.10. The third-order valence-electron chi connectivity index (χ3n) is 4.49. The van der Waals surface area contributed by atoms with Crippen LogP contribution >= 0.6 is 31.9 Å². The molecule has 0 saturated carbocycles. The zero-order valence-corrected chi connectivity index (χ0v) is 19.9. The van der Waals surface area contributed by atoms with Crippen LogP contribution in [0.1, 0.15) is 5.56 Å². The first-order valence-corrected chi connectivity index (χ1v) is 12.1. The van der Waals surface area contributed by atoms with E-state index in [0.29, 0.717) is 5.82 Å². The molecule has 0 aliphatic heterocycles. The molecule has 1 aromatic heterocycles. The summed E-state index contributed by atoms with van der Waals surface area (Å²) in [7, 11) is -3.83. The molecule has 0 spiro atoms. The van der Waals surface area contributed by atoms with Gasteiger partial charge in [0.25, 0.3) is 0 Å². The largest absolute Gasteiger partial charge is 0.339 e. The Morgan fingerprint density at radius 1 is 0.900 bits per heavy atom. The Hall–Kier alpha value is -2.42. The van der Waals surface area contributed by atoms with Gasteiger partial charge in [0, 0.05) is 20.3 Å². The minimum Gasteiger partial charge on any atom is -0.339 e. The van der Waals surface area contributed by atoms with Crippen molar-refractivity contribution in [1.29, 1.82) is 0 Å². The van der Waals surface area contributed by atoms with E-state index in [-0.39, 0.29) is 9.92 Å². The maximum Gasteiger partial charge on any atom is 0.227 e. The summed E-state index contributed by atoms with van der Waals surface area (Å²) < 4.78 is 30.3. The fourth-order valence-electron chi connectivity index (χ4n) is 3.00. The first kappa shape index (κ1) is 20.8. The molecule has 0 saturated heterocycles. The van der Waals surface area contributed by atoms with Crippen molar-refractivity contribution >= 4 is 53.2 Å². The number of rotatable bonds is 5. The predicted molar refractivity (Wildman–Crippen MR) is 125 cm³/mol. The molecule has 0 unspecified atom stereocenters. The number of aromatic nitrogens is 2. The van der Waals surface area contributed by atoms with E-state index >= 15 is 0 Å². The number of benzene rings is 3. The quantitative estimate of drug-likeness (QED) is 0.320. The fraction of sp³-hybridized carbons (Fsp3) is 0.0455. The Labute approximate surface area is 192 Å². The smallest absolute Gasteiger partial charge is 0.227 e. The van der Waals surface area contributed by atoms with Gasteiger partial charge in [0.2, 0.25) is 14.9 Å². The van der Waals surface area contributed by atoms with Crippen LogP contribution in [0.5, 0.6) is 0 Å². The van der Waals surface area contributed by atoms with Crippen LogP contribution in [0.3, 0.4) is 0 Å². The van der Waals surface area contributed by atoms with Gasteiger partial charge in [0.05, 0.1) is 4.90 Å². The molecule has 30 heavy (non-hydrogen) atoms. The standard InChI is InChI=1S/C22H17Br2N3O2S/c1-15-8-10-20(11-9-15)30(28,29)22-21(26-18-6-2-4-16(23)12-18)27(14-25-22)19-7-3-5-17(24)13-19/h2-14,26H,1H3. The van der Waals surface area contributed by atoms with Crippen molar-refractivity contribution in [2.75, 3.05) is 5.32 Å². The van der Waals surface area contributed by atoms with Crippen molar-refractivity contribution < 1.29 is 8.42 Å². The molecule has 4 rings (SSSR count). The van der Waals surface area contributed by atoms with E-state index in [2.05, 4.69) is 42.2 Å². The second-order valence-corrected chi connectivity index (χ2v) is 10.4. The first-order chi connectivity index (χ1) is 14.3. The molecule has 0 fully saturated rings. The first-order valence-electron chi connectivity index (χ1n) is 9.02. The highest BCUT2D eigenvalue weighted by Crippen LogP contribution is 2.32. The van der Waals surface area contributed by atoms with Crippen LogP contribution in [0.4, 0.5) is 11.5 Å². The minimum absolute atomic E-state index is 0.0358. The Morgan fingerprint density at radius 2 is 1.57 bits per heavy atom. The van der Waals surface area contributed by atoms with E-state index in [1.165, 1.54) is 6.33 Å². The summed E-state index contributed by atoms with van der Waals surface area (Å²) in [4.78, 5) is 4.50. The van der Waals surface area contributed by atoms with E-state index in [0.717, 1.165) is 25.9 Å². The average Bonchev–Trinajstić information content (AvgIpc) is 3.13. The molecule has 0 atom stereocenters. The van der Waals surface area contributed by atoms with Crippen molar-refractivity contribution in [2.24, 2.45) is 0 Å². The average molecular weight is 547 g/mol. The zero-order chi connectivity index (χ0) is 21.3. The van der Waals surface area contributed by atoms with Gasteiger partial charge in [-0.3, -0.25) is 4.57 Å². The van der Waals surface area contributed by atoms with E-state index < -0.39 is 9.84 Å². The third kappa shape index (κ3) is 4.21. The highest BCUT2D eigenvalue weighted by Gasteiger charge is 2.27. The molecule has 1 N–H and O–H groups in total. The van der Waals surface area contributed by atoms with Gasteiger partial charge in [0.1, 0.15) is 6.33 Å². The summed E-state index contributed by atoms with van der Waals surface area (Å²) in [5.41, 5.74) is 2.50. The number of anilines is 2. The summed E-state index contributed by atoms with van der Waals surface area (Å²) in [5, 5.41) is 3.21. The van der Waals surface area contributed by atoms with Crippen LogP contribution in [-0.2, 0) is 9.84 Å². The number of hydrogen-bond acceptors (Lipinski definition) is 4. The molecule has 5 nitrogen and oxygen atoms in total. The van der Waals surface area contributed by atoms with Gasteiger partial charge in [-0.25, -0.2) is 13.4 Å². The third-order valence-corrected chi connectivity index (χ3v) is 7.18. The topological polar surface area (TPSA) is 64.0 Å². The van der Waals surface area contributed by atoms with Crippen LogP contribution in [-0.4, -0.2) is 18.0 Å².